The second-order valence-electron chi connectivity index (χ2n) is 4.60. The summed E-state index contributed by atoms with van der Waals surface area (Å²) in [6.45, 7) is 2.00. The molecule has 0 amide bonds. The number of anilines is 1. The highest BCUT2D eigenvalue weighted by atomic mass is 19.1. The zero-order valence-corrected chi connectivity index (χ0v) is 11.4. The van der Waals surface area contributed by atoms with E-state index in [-0.39, 0.29) is 11.7 Å². The van der Waals surface area contributed by atoms with Crippen molar-refractivity contribution in [2.45, 2.75) is 13.5 Å². The highest BCUT2D eigenvalue weighted by Crippen LogP contribution is 2.17. The van der Waals surface area contributed by atoms with Gasteiger partial charge in [-0.05, 0) is 48.4 Å². The smallest absolute Gasteiger partial charge is 0.170 e. The van der Waals surface area contributed by atoms with Gasteiger partial charge in [-0.15, -0.1) is 0 Å². The van der Waals surface area contributed by atoms with Gasteiger partial charge in [0.25, 0.3) is 0 Å². The minimum Gasteiger partial charge on any atom is -0.409 e. The number of benzene rings is 2. The monoisotopic (exact) mass is 291 g/mol. The standard InChI is InChI=1S/C15H15F2N3O/c1-9-6-12(4-5-14(9)17)19-8-10-2-3-11(16)7-13(10)15(18)20-21/h2-7,19,21H,8H2,1H3,(H2,18,20). The van der Waals surface area contributed by atoms with Crippen molar-refractivity contribution in [3.63, 3.8) is 0 Å². The number of hydrogen-bond donors (Lipinski definition) is 3. The molecule has 4 nitrogen and oxygen atoms in total. The first-order valence-electron chi connectivity index (χ1n) is 6.27. The van der Waals surface area contributed by atoms with Crippen LogP contribution in [0, 0.1) is 18.6 Å². The molecule has 2 aromatic rings. The molecular weight excluding hydrogens is 276 g/mol. The van der Waals surface area contributed by atoms with Crippen LogP contribution in [-0.2, 0) is 6.54 Å². The van der Waals surface area contributed by atoms with Crippen LogP contribution in [0.15, 0.2) is 41.6 Å². The fourth-order valence-corrected chi connectivity index (χ4v) is 1.95. The first-order chi connectivity index (χ1) is 10.0. The minimum absolute atomic E-state index is 0.165. The summed E-state index contributed by atoms with van der Waals surface area (Å²) in [6.07, 6.45) is 0. The van der Waals surface area contributed by atoms with Crippen LogP contribution < -0.4 is 11.1 Å². The molecule has 0 aliphatic heterocycles. The molecule has 0 heterocycles. The van der Waals surface area contributed by atoms with Crippen molar-refractivity contribution in [3.05, 3.63) is 64.7 Å². The zero-order valence-electron chi connectivity index (χ0n) is 11.4. The van der Waals surface area contributed by atoms with E-state index in [1.807, 2.05) is 0 Å². The van der Waals surface area contributed by atoms with Crippen LogP contribution in [0.3, 0.4) is 0 Å². The lowest BCUT2D eigenvalue weighted by Crippen LogP contribution is -2.17. The molecule has 0 aliphatic carbocycles. The van der Waals surface area contributed by atoms with Crippen molar-refractivity contribution in [1.82, 2.24) is 0 Å². The summed E-state index contributed by atoms with van der Waals surface area (Å²) in [4.78, 5) is 0. The summed E-state index contributed by atoms with van der Waals surface area (Å²) < 4.78 is 26.4. The maximum atomic E-state index is 13.3. The van der Waals surface area contributed by atoms with Gasteiger partial charge in [0.2, 0.25) is 0 Å². The number of nitrogens with one attached hydrogen (secondary N) is 1. The van der Waals surface area contributed by atoms with Gasteiger partial charge in [0.05, 0.1) is 0 Å². The Balaban J connectivity index is 2.21. The highest BCUT2D eigenvalue weighted by molar-refractivity contribution is 5.98. The number of nitrogens with zero attached hydrogens (tertiary/aromatic N) is 1. The Morgan fingerprint density at radius 2 is 2.00 bits per heavy atom. The third-order valence-electron chi connectivity index (χ3n) is 3.10. The third-order valence-corrected chi connectivity index (χ3v) is 3.10. The van der Waals surface area contributed by atoms with Crippen LogP contribution in [0.4, 0.5) is 14.5 Å². The number of rotatable bonds is 4. The lowest BCUT2D eigenvalue weighted by atomic mass is 10.1. The molecule has 2 rings (SSSR count). The number of hydrogen-bond acceptors (Lipinski definition) is 3. The van der Waals surface area contributed by atoms with Gasteiger partial charge in [0.15, 0.2) is 5.84 Å². The third kappa shape index (κ3) is 3.47. The number of aryl methyl sites for hydroxylation is 1. The predicted molar refractivity (Wildman–Crippen MR) is 77.4 cm³/mol. The summed E-state index contributed by atoms with van der Waals surface area (Å²) in [7, 11) is 0. The molecule has 0 saturated carbocycles. The molecule has 0 aliphatic rings. The quantitative estimate of drug-likeness (QED) is 0.351. The molecular formula is C15H15F2N3O. The van der Waals surface area contributed by atoms with E-state index >= 15 is 0 Å². The van der Waals surface area contributed by atoms with Crippen LogP contribution in [0.25, 0.3) is 0 Å². The van der Waals surface area contributed by atoms with Crippen LogP contribution in [0.2, 0.25) is 0 Å². The molecule has 0 radical (unpaired) electrons. The van der Waals surface area contributed by atoms with Gasteiger partial charge in [-0.1, -0.05) is 11.2 Å². The normalized spacial score (nSPS) is 11.5. The van der Waals surface area contributed by atoms with Crippen molar-refractivity contribution in [2.75, 3.05) is 5.32 Å². The van der Waals surface area contributed by atoms with Crippen LogP contribution >= 0.6 is 0 Å². The zero-order chi connectivity index (χ0) is 15.4. The maximum Gasteiger partial charge on any atom is 0.170 e. The Bertz CT molecular complexity index is 687. The van der Waals surface area contributed by atoms with Gasteiger partial charge in [-0.3, -0.25) is 0 Å². The predicted octanol–water partition coefficient (Wildman–Crippen LogP) is 2.98. The Labute approximate surface area is 120 Å². The number of oxime groups is 1. The van der Waals surface area contributed by atoms with Gasteiger partial charge < -0.3 is 16.3 Å². The van der Waals surface area contributed by atoms with Crippen molar-refractivity contribution < 1.29 is 14.0 Å². The number of halogens is 2. The minimum atomic E-state index is -0.474. The molecule has 4 N–H and O–H groups in total. The van der Waals surface area contributed by atoms with E-state index in [1.54, 1.807) is 25.1 Å². The van der Waals surface area contributed by atoms with Crippen molar-refractivity contribution in [3.8, 4) is 0 Å². The Morgan fingerprint density at radius 3 is 2.67 bits per heavy atom. The SMILES string of the molecule is Cc1cc(NCc2ccc(F)cc2C(N)=NO)ccc1F. The molecule has 110 valence electrons. The average molecular weight is 291 g/mol. The summed E-state index contributed by atoms with van der Waals surface area (Å²) in [6, 6.07) is 8.68. The first-order valence-corrected chi connectivity index (χ1v) is 6.27. The summed E-state index contributed by atoms with van der Waals surface area (Å²) >= 11 is 0. The number of amidine groups is 1. The molecule has 0 bridgehead atoms. The van der Waals surface area contributed by atoms with E-state index in [9.17, 15) is 8.78 Å². The second-order valence-corrected chi connectivity index (χ2v) is 4.60. The summed E-state index contributed by atoms with van der Waals surface area (Å²) in [5.74, 6) is -0.917. The molecule has 0 saturated heterocycles. The molecule has 0 spiro atoms. The Hall–Kier alpha value is -2.63. The van der Waals surface area contributed by atoms with E-state index in [2.05, 4.69) is 10.5 Å². The van der Waals surface area contributed by atoms with Crippen LogP contribution in [-0.4, -0.2) is 11.0 Å². The molecule has 2 aromatic carbocycles. The van der Waals surface area contributed by atoms with Crippen molar-refractivity contribution in [1.29, 1.82) is 0 Å². The van der Waals surface area contributed by atoms with Crippen LogP contribution in [0.5, 0.6) is 0 Å². The van der Waals surface area contributed by atoms with Gasteiger partial charge in [0.1, 0.15) is 11.6 Å². The fraction of sp³-hybridized carbons (Fsp3) is 0.133. The topological polar surface area (TPSA) is 70.6 Å². The Kier molecular flexibility index (Phi) is 4.37. The second kappa shape index (κ2) is 6.21. The number of nitrogens with two attached hydrogens (primary N) is 1. The first kappa shape index (κ1) is 14.8. The van der Waals surface area contributed by atoms with Gasteiger partial charge in [-0.25, -0.2) is 8.78 Å². The van der Waals surface area contributed by atoms with Gasteiger partial charge in [-0.2, -0.15) is 0 Å². The molecule has 0 atom stereocenters. The van der Waals surface area contributed by atoms with Crippen molar-refractivity contribution >= 4 is 11.5 Å². The summed E-state index contributed by atoms with van der Waals surface area (Å²) in [5.41, 5.74) is 7.75. The van der Waals surface area contributed by atoms with Crippen LogP contribution in [0.1, 0.15) is 16.7 Å². The molecule has 21 heavy (non-hydrogen) atoms. The van der Waals surface area contributed by atoms with Gasteiger partial charge >= 0.3 is 0 Å². The van der Waals surface area contributed by atoms with E-state index in [1.165, 1.54) is 18.2 Å². The lowest BCUT2D eigenvalue weighted by molar-refractivity contribution is 0.318. The fourth-order valence-electron chi connectivity index (χ4n) is 1.95. The maximum absolute atomic E-state index is 13.3. The molecule has 0 unspecified atom stereocenters. The Morgan fingerprint density at radius 1 is 1.24 bits per heavy atom. The van der Waals surface area contributed by atoms with E-state index in [0.29, 0.717) is 23.2 Å². The molecule has 6 heteroatoms. The molecule has 0 aromatic heterocycles. The average Bonchev–Trinajstić information content (AvgIpc) is 2.48. The largest absolute Gasteiger partial charge is 0.409 e. The van der Waals surface area contributed by atoms with E-state index in [4.69, 9.17) is 10.9 Å². The van der Waals surface area contributed by atoms with E-state index < -0.39 is 5.82 Å². The lowest BCUT2D eigenvalue weighted by Gasteiger charge is -2.11. The van der Waals surface area contributed by atoms with Gasteiger partial charge in [0, 0.05) is 17.8 Å². The highest BCUT2D eigenvalue weighted by Gasteiger charge is 2.09. The van der Waals surface area contributed by atoms with E-state index in [0.717, 1.165) is 5.69 Å². The summed E-state index contributed by atoms with van der Waals surface area (Å²) in [5, 5.41) is 14.7. The van der Waals surface area contributed by atoms with Crippen molar-refractivity contribution in [2.24, 2.45) is 10.9 Å². The molecule has 0 fully saturated rings.